The van der Waals surface area contributed by atoms with Gasteiger partial charge >= 0.3 is 5.97 Å². The van der Waals surface area contributed by atoms with Crippen LogP contribution in [-0.2, 0) is 9.53 Å². The molecule has 0 atom stereocenters. The molecule has 0 spiro atoms. The summed E-state index contributed by atoms with van der Waals surface area (Å²) < 4.78 is 11.1. The van der Waals surface area contributed by atoms with Crippen molar-refractivity contribution in [2.45, 2.75) is 0 Å². The number of cyclic esters (lactones) is 1. The zero-order valence-corrected chi connectivity index (χ0v) is 14.1. The van der Waals surface area contributed by atoms with Gasteiger partial charge in [0, 0.05) is 18.2 Å². The zero-order valence-electron chi connectivity index (χ0n) is 11.2. The minimum absolute atomic E-state index is 0.0117. The molecule has 23 heavy (non-hydrogen) atoms. The Kier molecular flexibility index (Phi) is 4.18. The molecular weight excluding hydrogens is 439 g/mol. The van der Waals surface area contributed by atoms with Crippen molar-refractivity contribution in [1.82, 2.24) is 0 Å². The molecule has 1 aliphatic heterocycles. The van der Waals surface area contributed by atoms with Crippen LogP contribution in [0.3, 0.4) is 0 Å². The lowest BCUT2D eigenvalue weighted by Gasteiger charge is -2.02. The average molecular weight is 445 g/mol. The van der Waals surface area contributed by atoms with Crippen molar-refractivity contribution in [3.63, 3.8) is 0 Å². The Hall–Kier alpha value is -2.20. The molecule has 7 nitrogen and oxygen atoms in total. The van der Waals surface area contributed by atoms with E-state index in [2.05, 4.69) is 4.99 Å². The molecule has 0 unspecified atom stereocenters. The number of furan rings is 1. The lowest BCUT2D eigenvalue weighted by atomic mass is 10.2. The van der Waals surface area contributed by atoms with E-state index in [1.807, 2.05) is 22.6 Å². The highest BCUT2D eigenvalue weighted by Gasteiger charge is 2.26. The number of carbonyl (C=O) groups excluding carboxylic acids is 1. The standard InChI is InChI=1S/C14H6ClIN2O5/c15-10-5-7(18(20)21)1-3-9(10)13-17-11(14(19)23-13)6-8-2-4-12(16)22-8/h1-6H/b11-6+. The van der Waals surface area contributed by atoms with Crippen LogP contribution >= 0.6 is 34.2 Å². The first-order valence-electron chi connectivity index (χ1n) is 6.16. The summed E-state index contributed by atoms with van der Waals surface area (Å²) in [4.78, 5) is 26.1. The zero-order chi connectivity index (χ0) is 16.6. The van der Waals surface area contributed by atoms with Crippen LogP contribution in [0.25, 0.3) is 6.08 Å². The van der Waals surface area contributed by atoms with Gasteiger partial charge in [-0.05, 0) is 40.8 Å². The normalized spacial score (nSPS) is 15.7. The van der Waals surface area contributed by atoms with Gasteiger partial charge in [0.05, 0.1) is 15.5 Å². The largest absolute Gasteiger partial charge is 0.451 e. The van der Waals surface area contributed by atoms with E-state index in [-0.39, 0.29) is 22.3 Å². The third kappa shape index (κ3) is 3.27. The number of aliphatic imine (C=N–C) groups is 1. The van der Waals surface area contributed by atoms with Gasteiger partial charge in [0.15, 0.2) is 9.46 Å². The first-order valence-corrected chi connectivity index (χ1v) is 7.62. The number of esters is 1. The van der Waals surface area contributed by atoms with Crippen LogP contribution in [0.15, 0.2) is 45.4 Å². The van der Waals surface area contributed by atoms with Gasteiger partial charge in [-0.3, -0.25) is 10.1 Å². The number of ether oxygens (including phenoxy) is 1. The van der Waals surface area contributed by atoms with Crippen molar-refractivity contribution >= 4 is 57.8 Å². The highest BCUT2D eigenvalue weighted by Crippen LogP contribution is 2.27. The summed E-state index contributed by atoms with van der Waals surface area (Å²) in [7, 11) is 0. The second kappa shape index (κ2) is 6.13. The highest BCUT2D eigenvalue weighted by atomic mass is 127. The third-order valence-corrected chi connectivity index (χ3v) is 3.78. The van der Waals surface area contributed by atoms with Crippen LogP contribution in [0, 0.1) is 13.9 Å². The number of non-ortho nitro benzene ring substituents is 1. The van der Waals surface area contributed by atoms with Gasteiger partial charge < -0.3 is 9.15 Å². The number of hydrogen-bond acceptors (Lipinski definition) is 6. The SMILES string of the molecule is O=C1OC(c2ccc([N+](=O)[O-])cc2Cl)=N/C1=C/c1ccc(I)o1. The maximum absolute atomic E-state index is 11.9. The molecule has 0 saturated carbocycles. The number of nitro benzene ring substituents is 1. The van der Waals surface area contributed by atoms with Crippen molar-refractivity contribution in [2.24, 2.45) is 4.99 Å². The minimum Gasteiger partial charge on any atom is -0.451 e. The van der Waals surface area contributed by atoms with Crippen molar-refractivity contribution < 1.29 is 18.9 Å². The lowest BCUT2D eigenvalue weighted by molar-refractivity contribution is -0.384. The monoisotopic (exact) mass is 444 g/mol. The fourth-order valence-electron chi connectivity index (χ4n) is 1.86. The molecule has 0 amide bonds. The highest BCUT2D eigenvalue weighted by molar-refractivity contribution is 14.1. The Labute approximate surface area is 147 Å². The molecule has 9 heteroatoms. The fraction of sp³-hybridized carbons (Fsp3) is 0. The van der Waals surface area contributed by atoms with Crippen LogP contribution in [0.4, 0.5) is 5.69 Å². The van der Waals surface area contributed by atoms with E-state index < -0.39 is 10.9 Å². The predicted molar refractivity (Wildman–Crippen MR) is 90.1 cm³/mol. The number of benzene rings is 1. The van der Waals surface area contributed by atoms with E-state index >= 15 is 0 Å². The van der Waals surface area contributed by atoms with Crippen LogP contribution in [0.1, 0.15) is 11.3 Å². The second-order valence-electron chi connectivity index (χ2n) is 4.40. The van der Waals surface area contributed by atoms with E-state index in [0.717, 1.165) is 0 Å². The molecule has 3 rings (SSSR count). The number of nitro groups is 1. The van der Waals surface area contributed by atoms with Crippen molar-refractivity contribution in [3.05, 3.63) is 66.3 Å². The number of halogens is 2. The number of rotatable bonds is 3. The molecule has 0 fully saturated rings. The molecule has 0 aliphatic carbocycles. The predicted octanol–water partition coefficient (Wildman–Crippen LogP) is 3.79. The van der Waals surface area contributed by atoms with E-state index in [4.69, 9.17) is 20.8 Å². The summed E-state index contributed by atoms with van der Waals surface area (Å²) in [6.45, 7) is 0. The van der Waals surface area contributed by atoms with Crippen LogP contribution in [-0.4, -0.2) is 16.8 Å². The summed E-state index contributed by atoms with van der Waals surface area (Å²) in [5.74, 6) is -0.204. The quantitative estimate of drug-likeness (QED) is 0.236. The summed E-state index contributed by atoms with van der Waals surface area (Å²) >= 11 is 7.99. The third-order valence-electron chi connectivity index (χ3n) is 2.89. The Morgan fingerprint density at radius 3 is 2.70 bits per heavy atom. The average Bonchev–Trinajstić information content (AvgIpc) is 3.06. The van der Waals surface area contributed by atoms with Gasteiger partial charge in [0.2, 0.25) is 5.90 Å². The van der Waals surface area contributed by atoms with Crippen LogP contribution in [0.5, 0.6) is 0 Å². The molecule has 0 saturated heterocycles. The van der Waals surface area contributed by atoms with Crippen LogP contribution < -0.4 is 0 Å². The van der Waals surface area contributed by atoms with Gasteiger partial charge in [0.1, 0.15) is 5.76 Å². The molecule has 116 valence electrons. The molecule has 0 radical (unpaired) electrons. The first kappa shape index (κ1) is 15.7. The number of hydrogen-bond donors (Lipinski definition) is 0. The summed E-state index contributed by atoms with van der Waals surface area (Å²) in [6, 6.07) is 7.24. The molecule has 1 aromatic heterocycles. The lowest BCUT2D eigenvalue weighted by Crippen LogP contribution is -2.06. The first-order chi connectivity index (χ1) is 10.9. The maximum atomic E-state index is 11.9. The van der Waals surface area contributed by atoms with Gasteiger partial charge in [0.25, 0.3) is 5.69 Å². The molecule has 1 aliphatic rings. The van der Waals surface area contributed by atoms with E-state index in [1.165, 1.54) is 24.3 Å². The number of carbonyl (C=O) groups is 1. The Morgan fingerprint density at radius 1 is 1.30 bits per heavy atom. The van der Waals surface area contributed by atoms with E-state index in [0.29, 0.717) is 15.1 Å². The molecule has 1 aromatic carbocycles. The summed E-state index contributed by atoms with van der Waals surface area (Å²) in [5.41, 5.74) is 0.188. The van der Waals surface area contributed by atoms with Crippen molar-refractivity contribution in [2.75, 3.05) is 0 Å². The topological polar surface area (TPSA) is 94.9 Å². The molecule has 2 heterocycles. The Morgan fingerprint density at radius 2 is 2.09 bits per heavy atom. The Balaban J connectivity index is 1.95. The Bertz CT molecular complexity index is 887. The smallest absolute Gasteiger partial charge is 0.363 e. The van der Waals surface area contributed by atoms with Crippen LogP contribution in [0.2, 0.25) is 5.02 Å². The molecule has 0 N–H and O–H groups in total. The number of nitrogens with zero attached hydrogens (tertiary/aromatic N) is 2. The molecular formula is C14H6ClIN2O5. The molecule has 2 aromatic rings. The van der Waals surface area contributed by atoms with Gasteiger partial charge in [-0.15, -0.1) is 0 Å². The molecule has 0 bridgehead atoms. The van der Waals surface area contributed by atoms with Gasteiger partial charge in [-0.1, -0.05) is 11.6 Å². The maximum Gasteiger partial charge on any atom is 0.363 e. The summed E-state index contributed by atoms with van der Waals surface area (Å²) in [6.07, 6.45) is 1.44. The second-order valence-corrected chi connectivity index (χ2v) is 5.87. The minimum atomic E-state index is -0.652. The van der Waals surface area contributed by atoms with Gasteiger partial charge in [-0.25, -0.2) is 9.79 Å². The van der Waals surface area contributed by atoms with E-state index in [1.54, 1.807) is 12.1 Å². The summed E-state index contributed by atoms with van der Waals surface area (Å²) in [5, 5.41) is 10.8. The van der Waals surface area contributed by atoms with Gasteiger partial charge in [-0.2, -0.15) is 0 Å². The van der Waals surface area contributed by atoms with E-state index in [9.17, 15) is 14.9 Å². The van der Waals surface area contributed by atoms with Crippen molar-refractivity contribution in [3.8, 4) is 0 Å². The fourth-order valence-corrected chi connectivity index (χ4v) is 2.55. The van der Waals surface area contributed by atoms with Crippen molar-refractivity contribution in [1.29, 1.82) is 0 Å².